The van der Waals surface area contributed by atoms with Crippen molar-refractivity contribution in [2.24, 2.45) is 0 Å². The number of carbonyl (C=O) groups excluding carboxylic acids is 1. The van der Waals surface area contributed by atoms with Crippen molar-refractivity contribution in [1.82, 2.24) is 25.3 Å². The van der Waals surface area contributed by atoms with Crippen LogP contribution in [0.1, 0.15) is 34.5 Å². The molecule has 35 heavy (non-hydrogen) atoms. The van der Waals surface area contributed by atoms with Gasteiger partial charge in [-0.15, -0.1) is 16.4 Å². The van der Waals surface area contributed by atoms with Gasteiger partial charge >= 0.3 is 0 Å². The second-order valence-corrected chi connectivity index (χ2v) is 9.87. The summed E-state index contributed by atoms with van der Waals surface area (Å²) in [4.78, 5) is 20.3. The Kier molecular flexibility index (Phi) is 5.79. The van der Waals surface area contributed by atoms with Gasteiger partial charge in [-0.1, -0.05) is 11.3 Å². The molecule has 1 fully saturated rings. The van der Waals surface area contributed by atoms with Crippen molar-refractivity contribution in [3.63, 3.8) is 0 Å². The van der Waals surface area contributed by atoms with Gasteiger partial charge in [0.25, 0.3) is 5.91 Å². The Hall–Kier alpha value is -3.21. The predicted molar refractivity (Wildman–Crippen MR) is 132 cm³/mol. The number of ether oxygens (including phenoxy) is 1. The van der Waals surface area contributed by atoms with Gasteiger partial charge in [-0.2, -0.15) is 0 Å². The largest absolute Gasteiger partial charge is 0.373 e. The number of amides is 1. The number of fused-ring (bicyclic) bond motifs is 2. The molecule has 1 atom stereocenters. The maximum Gasteiger partial charge on any atom is 0.262 e. The Bertz CT molecular complexity index is 1410. The number of aryl methyl sites for hydroxylation is 1. The average Bonchev–Trinajstić information content (AvgIpc) is 3.49. The first-order chi connectivity index (χ1) is 17.1. The van der Waals surface area contributed by atoms with Crippen molar-refractivity contribution < 1.29 is 13.9 Å². The van der Waals surface area contributed by atoms with E-state index in [1.807, 2.05) is 13.0 Å². The van der Waals surface area contributed by atoms with E-state index >= 15 is 4.39 Å². The molecule has 1 aromatic carbocycles. The van der Waals surface area contributed by atoms with Crippen LogP contribution in [0.25, 0.3) is 21.3 Å². The minimum atomic E-state index is -0.589. The molecule has 0 bridgehead atoms. The molecule has 1 amide bonds. The fourth-order valence-corrected chi connectivity index (χ4v) is 5.88. The van der Waals surface area contributed by atoms with E-state index < -0.39 is 5.82 Å². The van der Waals surface area contributed by atoms with Gasteiger partial charge in [0, 0.05) is 28.4 Å². The number of thiophene rings is 1. The van der Waals surface area contributed by atoms with Gasteiger partial charge in [-0.25, -0.2) is 14.1 Å². The number of rotatable bonds is 4. The van der Waals surface area contributed by atoms with Gasteiger partial charge in [0.1, 0.15) is 17.3 Å². The zero-order valence-electron chi connectivity index (χ0n) is 19.3. The molecule has 8 nitrogen and oxygen atoms in total. The van der Waals surface area contributed by atoms with Crippen molar-refractivity contribution >= 4 is 33.1 Å². The monoisotopic (exact) mass is 492 g/mol. The SMILES string of the molecule is Cc1csc2ccnc(N(C(=O)c3ccc(-c4nnn5c4COCC5)cc3F)[C@@H]3CCCNC3)c12. The van der Waals surface area contributed by atoms with Crippen molar-refractivity contribution in [2.45, 2.75) is 39.0 Å². The molecular formula is C25H25FN6O2S. The predicted octanol–water partition coefficient (Wildman–Crippen LogP) is 3.93. The second kappa shape index (κ2) is 9.10. The van der Waals surface area contributed by atoms with Gasteiger partial charge in [0.15, 0.2) is 0 Å². The highest BCUT2D eigenvalue weighted by molar-refractivity contribution is 7.17. The van der Waals surface area contributed by atoms with Gasteiger partial charge in [0.2, 0.25) is 0 Å². The summed E-state index contributed by atoms with van der Waals surface area (Å²) in [6.45, 7) is 5.13. The first kappa shape index (κ1) is 22.3. The van der Waals surface area contributed by atoms with E-state index in [1.54, 1.807) is 39.2 Å². The molecular weight excluding hydrogens is 467 g/mol. The molecule has 5 heterocycles. The Labute approximate surface area is 205 Å². The number of carbonyl (C=O) groups is 1. The smallest absolute Gasteiger partial charge is 0.262 e. The fourth-order valence-electron chi connectivity index (χ4n) is 4.95. The van der Waals surface area contributed by atoms with E-state index in [4.69, 9.17) is 4.74 Å². The molecule has 10 heteroatoms. The highest BCUT2D eigenvalue weighted by Crippen LogP contribution is 2.35. The maximum atomic E-state index is 15.5. The summed E-state index contributed by atoms with van der Waals surface area (Å²) in [5.41, 5.74) is 3.04. The number of halogens is 1. The van der Waals surface area contributed by atoms with Crippen LogP contribution in [0.15, 0.2) is 35.8 Å². The van der Waals surface area contributed by atoms with Crippen molar-refractivity contribution in [3.8, 4) is 11.3 Å². The number of hydrogen-bond donors (Lipinski definition) is 1. The standard InChI is InChI=1S/C25H25FN6O2S/c1-15-14-35-21-6-8-28-24(22(15)21)32(17-3-2-7-27-12-17)25(33)18-5-4-16(11-19(18)26)23-20-13-34-10-9-31(20)30-29-23/h4-6,8,11,14,17,27H,2-3,7,9-10,12-13H2,1H3/t17-/m1/s1. The molecule has 0 saturated carbocycles. The lowest BCUT2D eigenvalue weighted by atomic mass is 10.0. The highest BCUT2D eigenvalue weighted by atomic mass is 32.1. The molecule has 1 saturated heterocycles. The Morgan fingerprint density at radius 1 is 1.34 bits per heavy atom. The third kappa shape index (κ3) is 3.91. The molecule has 180 valence electrons. The van der Waals surface area contributed by atoms with Crippen LogP contribution in [0, 0.1) is 12.7 Å². The highest BCUT2D eigenvalue weighted by Gasteiger charge is 2.32. The van der Waals surface area contributed by atoms with E-state index in [0.717, 1.165) is 40.7 Å². The molecule has 0 aliphatic carbocycles. The van der Waals surface area contributed by atoms with Gasteiger partial charge in [-0.05, 0) is 55.5 Å². The number of nitrogens with zero attached hydrogens (tertiary/aromatic N) is 5. The minimum Gasteiger partial charge on any atom is -0.373 e. The fraction of sp³-hybridized carbons (Fsp3) is 0.360. The van der Waals surface area contributed by atoms with Crippen LogP contribution < -0.4 is 10.2 Å². The lowest BCUT2D eigenvalue weighted by Crippen LogP contribution is -2.49. The molecule has 6 rings (SSSR count). The molecule has 0 unspecified atom stereocenters. The summed E-state index contributed by atoms with van der Waals surface area (Å²) in [6.07, 6.45) is 3.49. The summed E-state index contributed by atoms with van der Waals surface area (Å²) < 4.78 is 23.9. The summed E-state index contributed by atoms with van der Waals surface area (Å²) in [5, 5.41) is 14.8. The zero-order valence-corrected chi connectivity index (χ0v) is 20.1. The van der Waals surface area contributed by atoms with Gasteiger partial charge in [-0.3, -0.25) is 9.69 Å². The van der Waals surface area contributed by atoms with Crippen LogP contribution in [0.3, 0.4) is 0 Å². The van der Waals surface area contributed by atoms with Crippen LogP contribution in [-0.2, 0) is 17.9 Å². The lowest BCUT2D eigenvalue weighted by molar-refractivity contribution is 0.0801. The van der Waals surface area contributed by atoms with E-state index in [9.17, 15) is 4.79 Å². The molecule has 2 aliphatic rings. The van der Waals surface area contributed by atoms with Gasteiger partial charge < -0.3 is 10.1 Å². The zero-order chi connectivity index (χ0) is 23.9. The first-order valence-corrected chi connectivity index (χ1v) is 12.7. The van der Waals surface area contributed by atoms with Crippen LogP contribution in [-0.4, -0.2) is 51.6 Å². The van der Waals surface area contributed by atoms with Crippen molar-refractivity contribution in [3.05, 3.63) is 58.5 Å². The Morgan fingerprint density at radius 2 is 2.26 bits per heavy atom. The molecule has 2 aliphatic heterocycles. The number of benzene rings is 1. The molecule has 0 spiro atoms. The normalized spacial score (nSPS) is 17.9. The van der Waals surface area contributed by atoms with Gasteiger partial charge in [0.05, 0.1) is 37.1 Å². The Balaban J connectivity index is 1.41. The number of pyridine rings is 1. The summed E-state index contributed by atoms with van der Waals surface area (Å²) in [5.74, 6) is -0.386. The number of anilines is 1. The Morgan fingerprint density at radius 3 is 3.09 bits per heavy atom. The summed E-state index contributed by atoms with van der Waals surface area (Å²) in [6, 6.07) is 6.49. The number of piperidine rings is 1. The lowest BCUT2D eigenvalue weighted by Gasteiger charge is -2.34. The third-order valence-electron chi connectivity index (χ3n) is 6.73. The van der Waals surface area contributed by atoms with Crippen molar-refractivity contribution in [2.75, 3.05) is 24.6 Å². The van der Waals surface area contributed by atoms with E-state index in [1.165, 1.54) is 6.07 Å². The van der Waals surface area contributed by atoms with Crippen LogP contribution in [0.2, 0.25) is 0 Å². The topological polar surface area (TPSA) is 85.2 Å². The van der Waals surface area contributed by atoms with E-state index in [-0.39, 0.29) is 17.5 Å². The van der Waals surface area contributed by atoms with Crippen LogP contribution in [0.4, 0.5) is 10.2 Å². The van der Waals surface area contributed by atoms with Crippen molar-refractivity contribution in [1.29, 1.82) is 0 Å². The van der Waals surface area contributed by atoms with Crippen LogP contribution >= 0.6 is 11.3 Å². The number of aromatic nitrogens is 4. The number of hydrogen-bond acceptors (Lipinski definition) is 7. The molecule has 1 N–H and O–H groups in total. The van der Waals surface area contributed by atoms with E-state index in [0.29, 0.717) is 43.4 Å². The van der Waals surface area contributed by atoms with Crippen LogP contribution in [0.5, 0.6) is 0 Å². The average molecular weight is 493 g/mol. The summed E-state index contributed by atoms with van der Waals surface area (Å²) >= 11 is 1.62. The summed E-state index contributed by atoms with van der Waals surface area (Å²) in [7, 11) is 0. The molecule has 0 radical (unpaired) electrons. The van der Waals surface area contributed by atoms with E-state index in [2.05, 4.69) is 26.0 Å². The third-order valence-corrected chi connectivity index (χ3v) is 7.80. The molecule has 4 aromatic rings. The quantitative estimate of drug-likeness (QED) is 0.465. The number of nitrogens with one attached hydrogen (secondary N) is 1. The molecule has 3 aromatic heterocycles. The minimum absolute atomic E-state index is 0.0169. The first-order valence-electron chi connectivity index (χ1n) is 11.8. The second-order valence-electron chi connectivity index (χ2n) is 8.96. The maximum absolute atomic E-state index is 15.5.